The summed E-state index contributed by atoms with van der Waals surface area (Å²) in [4.78, 5) is 46.3. The smallest absolute Gasteiger partial charge is 0.207 e. The van der Waals surface area contributed by atoms with E-state index in [1.807, 2.05) is 24.1 Å². The fraction of sp³-hybridized carbons (Fsp3) is 0.444. The molecule has 0 saturated carbocycles. The molecule has 0 saturated heterocycles. The lowest BCUT2D eigenvalue weighted by Crippen LogP contribution is -2.33. The van der Waals surface area contributed by atoms with Crippen molar-refractivity contribution in [2.45, 2.75) is 36.7 Å². The number of carbonyl (C=O) groups excluding carboxylic acids is 4. The molecule has 0 bridgehead atoms. The number of nitrogens with one attached hydrogen (secondary N) is 1. The molecule has 1 N–H and O–H groups in total. The highest BCUT2D eigenvalue weighted by molar-refractivity contribution is 7.99. The summed E-state index contributed by atoms with van der Waals surface area (Å²) in [5.74, 6) is 0.808. The molecule has 7 heteroatoms. The molecule has 0 aromatic heterocycles. The number of hydrogen-bond acceptors (Lipinski definition) is 6. The van der Waals surface area contributed by atoms with Crippen LogP contribution in [0.3, 0.4) is 0 Å². The van der Waals surface area contributed by atoms with Gasteiger partial charge in [-0.3, -0.25) is 14.5 Å². The third kappa shape index (κ3) is 7.19. The van der Waals surface area contributed by atoms with Crippen LogP contribution in [-0.2, 0) is 20.9 Å². The molecule has 25 heavy (non-hydrogen) atoms. The van der Waals surface area contributed by atoms with E-state index in [0.29, 0.717) is 37.9 Å². The predicted molar refractivity (Wildman–Crippen MR) is 97.9 cm³/mol. The topological polar surface area (TPSA) is 83.6 Å². The Kier molecular flexibility index (Phi) is 10.4. The second-order valence-corrected chi connectivity index (χ2v) is 6.72. The van der Waals surface area contributed by atoms with E-state index >= 15 is 0 Å². The Bertz CT molecular complexity index is 580. The highest BCUT2D eigenvalue weighted by atomic mass is 32.2. The van der Waals surface area contributed by atoms with Crippen molar-refractivity contribution in [3.63, 3.8) is 0 Å². The summed E-state index contributed by atoms with van der Waals surface area (Å²) in [7, 11) is 1.81. The summed E-state index contributed by atoms with van der Waals surface area (Å²) < 4.78 is 0. The average Bonchev–Trinajstić information content (AvgIpc) is 2.63. The molecule has 1 unspecified atom stereocenters. The van der Waals surface area contributed by atoms with Crippen LogP contribution in [0.15, 0.2) is 23.1 Å². The molecule has 1 aromatic rings. The largest absolute Gasteiger partial charge is 0.359 e. The van der Waals surface area contributed by atoms with Gasteiger partial charge in [-0.2, -0.15) is 0 Å². The Balaban J connectivity index is 2.83. The Hall–Kier alpha value is -1.99. The first-order chi connectivity index (χ1) is 12.2. The zero-order chi connectivity index (χ0) is 18.5. The Morgan fingerprint density at radius 2 is 2.04 bits per heavy atom. The number of aldehydes is 3. The first-order valence-electron chi connectivity index (χ1n) is 8.14. The van der Waals surface area contributed by atoms with Crippen LogP contribution in [0, 0.1) is 0 Å². The van der Waals surface area contributed by atoms with E-state index < -0.39 is 0 Å². The van der Waals surface area contributed by atoms with Gasteiger partial charge in [0.25, 0.3) is 0 Å². The first kappa shape index (κ1) is 21.1. The lowest BCUT2D eigenvalue weighted by atomic mass is 10.1. The number of amides is 1. The molecule has 1 amide bonds. The monoisotopic (exact) mass is 364 g/mol. The van der Waals surface area contributed by atoms with Gasteiger partial charge < -0.3 is 14.9 Å². The Labute approximate surface area is 152 Å². The van der Waals surface area contributed by atoms with Gasteiger partial charge in [0.05, 0.1) is 6.04 Å². The van der Waals surface area contributed by atoms with Gasteiger partial charge in [-0.25, -0.2) is 0 Å². The highest BCUT2D eigenvalue weighted by Crippen LogP contribution is 2.27. The van der Waals surface area contributed by atoms with Gasteiger partial charge in [0.2, 0.25) is 6.41 Å². The van der Waals surface area contributed by atoms with Gasteiger partial charge >= 0.3 is 0 Å². The molecule has 1 aromatic carbocycles. The molecule has 0 radical (unpaired) electrons. The summed E-state index contributed by atoms with van der Waals surface area (Å²) in [6.45, 7) is 1.06. The fourth-order valence-corrected chi connectivity index (χ4v) is 3.45. The van der Waals surface area contributed by atoms with Crippen molar-refractivity contribution in [3.8, 4) is 0 Å². The van der Waals surface area contributed by atoms with Crippen LogP contribution in [0.2, 0.25) is 0 Å². The van der Waals surface area contributed by atoms with Gasteiger partial charge in [0.15, 0.2) is 0 Å². The van der Waals surface area contributed by atoms with Crippen LogP contribution in [-0.4, -0.2) is 55.6 Å². The maximum atomic E-state index is 11.4. The standard InChI is InChI=1S/C18H24N2O4S/c1-20(16(13-23)6-3-9-21)11-17-15(12-22)5-2-7-18(17)25-10-4-8-19-14-24/h2,5,7,9,12-14,16H,3-4,6,8,10-11H2,1H3,(H,19,24). The summed E-state index contributed by atoms with van der Waals surface area (Å²) in [5, 5.41) is 2.62. The van der Waals surface area contributed by atoms with E-state index in [4.69, 9.17) is 0 Å². The molecule has 0 spiro atoms. The van der Waals surface area contributed by atoms with E-state index in [1.54, 1.807) is 17.8 Å². The fourth-order valence-electron chi connectivity index (χ4n) is 2.41. The second-order valence-electron chi connectivity index (χ2n) is 5.58. The SMILES string of the molecule is CN(Cc1c(C=O)cccc1SCCCNC=O)C(C=O)CCC=O. The maximum Gasteiger partial charge on any atom is 0.207 e. The maximum absolute atomic E-state index is 11.4. The normalized spacial score (nSPS) is 11.8. The van der Waals surface area contributed by atoms with E-state index in [2.05, 4.69) is 5.32 Å². The average molecular weight is 364 g/mol. The minimum Gasteiger partial charge on any atom is -0.359 e. The third-order valence-electron chi connectivity index (χ3n) is 3.81. The molecule has 136 valence electrons. The molecule has 0 heterocycles. The van der Waals surface area contributed by atoms with Gasteiger partial charge in [-0.15, -0.1) is 11.8 Å². The number of thioether (sulfide) groups is 1. The number of carbonyl (C=O) groups is 4. The van der Waals surface area contributed by atoms with E-state index in [0.717, 1.165) is 41.5 Å². The van der Waals surface area contributed by atoms with Crippen LogP contribution in [0.5, 0.6) is 0 Å². The third-order valence-corrected chi connectivity index (χ3v) is 5.00. The van der Waals surface area contributed by atoms with Crippen molar-refractivity contribution in [2.75, 3.05) is 19.3 Å². The van der Waals surface area contributed by atoms with Crippen molar-refractivity contribution >= 4 is 37.0 Å². The van der Waals surface area contributed by atoms with Gasteiger partial charge in [0.1, 0.15) is 18.9 Å². The summed E-state index contributed by atoms with van der Waals surface area (Å²) in [6.07, 6.45) is 4.75. The van der Waals surface area contributed by atoms with Gasteiger partial charge in [-0.1, -0.05) is 12.1 Å². The highest BCUT2D eigenvalue weighted by Gasteiger charge is 2.17. The molecule has 0 aliphatic rings. The van der Waals surface area contributed by atoms with Crippen molar-refractivity contribution in [1.82, 2.24) is 10.2 Å². The minimum atomic E-state index is -0.362. The van der Waals surface area contributed by atoms with Gasteiger partial charge in [-0.05, 0) is 37.3 Å². The molecular formula is C18H24N2O4S. The zero-order valence-electron chi connectivity index (χ0n) is 14.3. The van der Waals surface area contributed by atoms with Crippen molar-refractivity contribution in [2.24, 2.45) is 0 Å². The number of rotatable bonds is 14. The van der Waals surface area contributed by atoms with E-state index in [-0.39, 0.29) is 6.04 Å². The van der Waals surface area contributed by atoms with Crippen LogP contribution in [0.25, 0.3) is 0 Å². The first-order valence-corrected chi connectivity index (χ1v) is 9.12. The summed E-state index contributed by atoms with van der Waals surface area (Å²) in [6, 6.07) is 5.19. The van der Waals surface area contributed by atoms with Crippen LogP contribution in [0.1, 0.15) is 35.2 Å². The number of nitrogens with zero attached hydrogens (tertiary/aromatic N) is 1. The minimum absolute atomic E-state index is 0.328. The number of likely N-dealkylation sites (N-methyl/N-ethyl adjacent to an activating group) is 1. The number of hydrogen-bond donors (Lipinski definition) is 1. The molecule has 0 aliphatic carbocycles. The van der Waals surface area contributed by atoms with E-state index in [9.17, 15) is 19.2 Å². The summed E-state index contributed by atoms with van der Waals surface area (Å²) in [5.41, 5.74) is 1.48. The Morgan fingerprint density at radius 1 is 1.24 bits per heavy atom. The predicted octanol–water partition coefficient (Wildman–Crippen LogP) is 1.71. The molecule has 1 atom stereocenters. The lowest BCUT2D eigenvalue weighted by Gasteiger charge is -2.25. The van der Waals surface area contributed by atoms with Crippen LogP contribution in [0.4, 0.5) is 0 Å². The quantitative estimate of drug-likeness (QED) is 0.307. The molecular weight excluding hydrogens is 340 g/mol. The second kappa shape index (κ2) is 12.4. The lowest BCUT2D eigenvalue weighted by molar-refractivity contribution is -0.113. The molecule has 0 fully saturated rings. The van der Waals surface area contributed by atoms with Crippen LogP contribution < -0.4 is 5.32 Å². The van der Waals surface area contributed by atoms with Crippen molar-refractivity contribution in [3.05, 3.63) is 29.3 Å². The van der Waals surface area contributed by atoms with Gasteiger partial charge in [0, 0.05) is 30.0 Å². The zero-order valence-corrected chi connectivity index (χ0v) is 15.2. The molecule has 0 aliphatic heterocycles. The summed E-state index contributed by atoms with van der Waals surface area (Å²) >= 11 is 1.62. The Morgan fingerprint density at radius 3 is 2.68 bits per heavy atom. The van der Waals surface area contributed by atoms with Crippen LogP contribution >= 0.6 is 11.8 Å². The van der Waals surface area contributed by atoms with Crippen molar-refractivity contribution in [1.29, 1.82) is 0 Å². The molecule has 1 rings (SSSR count). The molecule has 6 nitrogen and oxygen atoms in total. The number of benzene rings is 1. The van der Waals surface area contributed by atoms with Crippen molar-refractivity contribution < 1.29 is 19.2 Å². The van der Waals surface area contributed by atoms with E-state index in [1.165, 1.54) is 0 Å².